The van der Waals surface area contributed by atoms with Crippen LogP contribution in [0.2, 0.25) is 0 Å². The van der Waals surface area contributed by atoms with E-state index >= 15 is 0 Å². The van der Waals surface area contributed by atoms with Crippen LogP contribution in [0.15, 0.2) is 54.7 Å². The molecule has 0 aliphatic rings. The van der Waals surface area contributed by atoms with E-state index in [1.165, 1.54) is 12.1 Å². The van der Waals surface area contributed by atoms with Crippen LogP contribution >= 0.6 is 0 Å². The average molecular weight is 268 g/mol. The van der Waals surface area contributed by atoms with Crippen molar-refractivity contribution >= 4 is 0 Å². The van der Waals surface area contributed by atoms with Crippen molar-refractivity contribution in [3.63, 3.8) is 0 Å². The van der Waals surface area contributed by atoms with Crippen molar-refractivity contribution in [3.8, 4) is 22.6 Å². The number of hydrogen-bond donors (Lipinski definition) is 1. The first-order valence-electron chi connectivity index (χ1n) is 6.26. The van der Waals surface area contributed by atoms with Gasteiger partial charge in [0.15, 0.2) is 0 Å². The van der Waals surface area contributed by atoms with Crippen LogP contribution in [0.4, 0.5) is 4.39 Å². The molecule has 0 bridgehead atoms. The number of rotatable bonds is 3. The summed E-state index contributed by atoms with van der Waals surface area (Å²) in [5.41, 5.74) is 3.17. The molecular formula is C16H13FN2O. The Labute approximate surface area is 116 Å². The minimum absolute atomic E-state index is 0.275. The number of nitrogens with one attached hydrogen (secondary N) is 1. The molecule has 1 aromatic heterocycles. The Hall–Kier alpha value is -2.62. The summed E-state index contributed by atoms with van der Waals surface area (Å²) in [6, 6.07) is 13.6. The Morgan fingerprint density at radius 3 is 2.10 bits per heavy atom. The van der Waals surface area contributed by atoms with Gasteiger partial charge in [0.1, 0.15) is 17.3 Å². The third-order valence-electron chi connectivity index (χ3n) is 3.04. The van der Waals surface area contributed by atoms with Crippen LogP contribution in [-0.4, -0.2) is 10.2 Å². The zero-order valence-electron chi connectivity index (χ0n) is 10.9. The highest BCUT2D eigenvalue weighted by molar-refractivity contribution is 5.65. The molecule has 3 nitrogen and oxygen atoms in total. The largest absolute Gasteiger partial charge is 0.457 e. The Kier molecular flexibility index (Phi) is 3.21. The zero-order chi connectivity index (χ0) is 13.9. The van der Waals surface area contributed by atoms with Gasteiger partial charge >= 0.3 is 0 Å². The summed E-state index contributed by atoms with van der Waals surface area (Å²) in [6.45, 7) is 1.98. The van der Waals surface area contributed by atoms with Crippen molar-refractivity contribution in [2.45, 2.75) is 6.92 Å². The molecule has 0 saturated heterocycles. The summed E-state index contributed by atoms with van der Waals surface area (Å²) < 4.78 is 18.5. The van der Waals surface area contributed by atoms with Crippen molar-refractivity contribution in [2.24, 2.45) is 0 Å². The van der Waals surface area contributed by atoms with Gasteiger partial charge in [0.25, 0.3) is 0 Å². The molecule has 0 aliphatic carbocycles. The van der Waals surface area contributed by atoms with Gasteiger partial charge in [-0.2, -0.15) is 5.10 Å². The molecule has 0 amide bonds. The number of nitrogens with zero attached hydrogens (tertiary/aromatic N) is 1. The van der Waals surface area contributed by atoms with Crippen molar-refractivity contribution in [2.75, 3.05) is 0 Å². The second kappa shape index (κ2) is 5.17. The van der Waals surface area contributed by atoms with Crippen LogP contribution in [0, 0.1) is 12.7 Å². The van der Waals surface area contributed by atoms with Crippen molar-refractivity contribution in [3.05, 3.63) is 66.2 Å². The van der Waals surface area contributed by atoms with Crippen molar-refractivity contribution in [1.29, 1.82) is 0 Å². The second-order valence-corrected chi connectivity index (χ2v) is 4.49. The maximum atomic E-state index is 12.8. The molecule has 0 saturated carbocycles. The summed E-state index contributed by atoms with van der Waals surface area (Å²) in [7, 11) is 0. The normalized spacial score (nSPS) is 10.5. The predicted molar refractivity (Wildman–Crippen MR) is 75.2 cm³/mol. The van der Waals surface area contributed by atoms with Crippen LogP contribution in [-0.2, 0) is 0 Å². The van der Waals surface area contributed by atoms with Crippen molar-refractivity contribution in [1.82, 2.24) is 10.2 Å². The molecule has 0 spiro atoms. The number of aryl methyl sites for hydroxylation is 1. The summed E-state index contributed by atoms with van der Waals surface area (Å²) in [5.74, 6) is 1.04. The van der Waals surface area contributed by atoms with Crippen LogP contribution in [0.3, 0.4) is 0 Å². The smallest absolute Gasteiger partial charge is 0.127 e. The Morgan fingerprint density at radius 2 is 1.55 bits per heavy atom. The van der Waals surface area contributed by atoms with Gasteiger partial charge in [0, 0.05) is 11.3 Å². The third-order valence-corrected chi connectivity index (χ3v) is 3.04. The fraction of sp³-hybridized carbons (Fsp3) is 0.0625. The van der Waals surface area contributed by atoms with Gasteiger partial charge in [-0.15, -0.1) is 0 Å². The SMILES string of the molecule is Cc1[nH]ncc1-c1ccc(Oc2ccc(F)cc2)cc1. The molecule has 2 aromatic carbocycles. The highest BCUT2D eigenvalue weighted by Crippen LogP contribution is 2.26. The van der Waals surface area contributed by atoms with E-state index < -0.39 is 0 Å². The van der Waals surface area contributed by atoms with E-state index in [9.17, 15) is 4.39 Å². The lowest BCUT2D eigenvalue weighted by Gasteiger charge is -2.06. The van der Waals surface area contributed by atoms with Gasteiger partial charge in [0.2, 0.25) is 0 Å². The highest BCUT2D eigenvalue weighted by Gasteiger charge is 2.04. The number of benzene rings is 2. The lowest BCUT2D eigenvalue weighted by atomic mass is 10.1. The Balaban J connectivity index is 1.80. The second-order valence-electron chi connectivity index (χ2n) is 4.49. The van der Waals surface area contributed by atoms with Crippen molar-refractivity contribution < 1.29 is 9.13 Å². The fourth-order valence-electron chi connectivity index (χ4n) is 1.98. The van der Waals surface area contributed by atoms with Gasteiger partial charge in [-0.3, -0.25) is 5.10 Å². The molecule has 3 rings (SSSR count). The molecule has 0 aliphatic heterocycles. The number of ether oxygens (including phenoxy) is 1. The van der Waals surface area contributed by atoms with E-state index in [0.717, 1.165) is 16.8 Å². The lowest BCUT2D eigenvalue weighted by Crippen LogP contribution is -1.85. The maximum absolute atomic E-state index is 12.8. The van der Waals surface area contributed by atoms with Crippen LogP contribution < -0.4 is 4.74 Å². The number of hydrogen-bond acceptors (Lipinski definition) is 2. The number of aromatic amines is 1. The predicted octanol–water partition coefficient (Wildman–Crippen LogP) is 4.32. The topological polar surface area (TPSA) is 37.9 Å². The van der Waals surface area contributed by atoms with Gasteiger partial charge in [-0.1, -0.05) is 12.1 Å². The van der Waals surface area contributed by atoms with E-state index in [1.54, 1.807) is 18.3 Å². The molecule has 1 heterocycles. The van der Waals surface area contributed by atoms with Crippen LogP contribution in [0.1, 0.15) is 5.69 Å². The summed E-state index contributed by atoms with van der Waals surface area (Å²) >= 11 is 0. The minimum Gasteiger partial charge on any atom is -0.457 e. The number of halogens is 1. The van der Waals surface area contributed by atoms with E-state index in [4.69, 9.17) is 4.74 Å². The molecule has 20 heavy (non-hydrogen) atoms. The molecule has 0 unspecified atom stereocenters. The van der Waals surface area contributed by atoms with E-state index in [0.29, 0.717) is 11.5 Å². The van der Waals surface area contributed by atoms with E-state index in [1.807, 2.05) is 31.2 Å². The molecule has 1 N–H and O–H groups in total. The minimum atomic E-state index is -0.275. The summed E-state index contributed by atoms with van der Waals surface area (Å²) in [4.78, 5) is 0. The zero-order valence-corrected chi connectivity index (χ0v) is 10.9. The van der Waals surface area contributed by atoms with Gasteiger partial charge < -0.3 is 4.74 Å². The number of aromatic nitrogens is 2. The molecule has 0 radical (unpaired) electrons. The molecule has 0 fully saturated rings. The van der Waals surface area contributed by atoms with Crippen LogP contribution in [0.5, 0.6) is 11.5 Å². The maximum Gasteiger partial charge on any atom is 0.127 e. The monoisotopic (exact) mass is 268 g/mol. The Bertz CT molecular complexity index is 702. The molecule has 100 valence electrons. The summed E-state index contributed by atoms with van der Waals surface area (Å²) in [5, 5.41) is 6.91. The molecule has 4 heteroatoms. The average Bonchev–Trinajstić information content (AvgIpc) is 2.89. The van der Waals surface area contributed by atoms with Gasteiger partial charge in [-0.05, 0) is 48.9 Å². The lowest BCUT2D eigenvalue weighted by molar-refractivity contribution is 0.480. The fourth-order valence-corrected chi connectivity index (χ4v) is 1.98. The Morgan fingerprint density at radius 1 is 0.950 bits per heavy atom. The van der Waals surface area contributed by atoms with E-state index in [2.05, 4.69) is 10.2 Å². The first kappa shape index (κ1) is 12.4. The highest BCUT2D eigenvalue weighted by atomic mass is 19.1. The number of H-pyrrole nitrogens is 1. The molecule has 3 aromatic rings. The summed E-state index contributed by atoms with van der Waals surface area (Å²) in [6.07, 6.45) is 1.80. The van der Waals surface area contributed by atoms with Gasteiger partial charge in [-0.25, -0.2) is 4.39 Å². The quantitative estimate of drug-likeness (QED) is 0.768. The third kappa shape index (κ3) is 2.54. The van der Waals surface area contributed by atoms with Gasteiger partial charge in [0.05, 0.1) is 6.20 Å². The standard InChI is InChI=1S/C16H13FN2O/c1-11-16(10-18-19-11)12-2-6-14(7-3-12)20-15-8-4-13(17)5-9-15/h2-10H,1H3,(H,18,19). The first-order chi connectivity index (χ1) is 9.72. The molecule has 0 atom stereocenters. The molecular weight excluding hydrogens is 255 g/mol. The van der Waals surface area contributed by atoms with Crippen LogP contribution in [0.25, 0.3) is 11.1 Å². The van der Waals surface area contributed by atoms with E-state index in [-0.39, 0.29) is 5.82 Å². The first-order valence-corrected chi connectivity index (χ1v) is 6.26.